The molecule has 4 bridgehead atoms. The first-order chi connectivity index (χ1) is 11.7. The minimum Gasteiger partial charge on any atom is -0.458 e. The second-order valence-corrected chi connectivity index (χ2v) is 8.68. The third-order valence-electron chi connectivity index (χ3n) is 5.51. The molecule has 4 aliphatic rings. The molecule has 0 aliphatic heterocycles. The molecular weight excluding hydrogens is 362 g/mol. The number of ether oxygens (including phenoxy) is 3. The summed E-state index contributed by atoms with van der Waals surface area (Å²) in [5.41, 5.74) is 0. The zero-order valence-electron chi connectivity index (χ0n) is 13.6. The molecule has 0 atom stereocenters. The Morgan fingerprint density at radius 3 is 2.12 bits per heavy atom. The second kappa shape index (κ2) is 7.05. The van der Waals surface area contributed by atoms with Crippen LogP contribution in [-0.4, -0.2) is 50.3 Å². The quantitative estimate of drug-likeness (QED) is 0.295. The summed E-state index contributed by atoms with van der Waals surface area (Å²) >= 11 is 0. The van der Waals surface area contributed by atoms with Crippen molar-refractivity contribution < 1.29 is 40.8 Å². The van der Waals surface area contributed by atoms with E-state index in [9.17, 15) is 22.0 Å². The van der Waals surface area contributed by atoms with Gasteiger partial charge in [-0.2, -0.15) is 17.2 Å². The summed E-state index contributed by atoms with van der Waals surface area (Å²) in [5, 5.41) is -4.98. The molecule has 0 saturated heterocycles. The van der Waals surface area contributed by atoms with E-state index < -0.39 is 27.9 Å². The normalized spacial score (nSPS) is 34.3. The van der Waals surface area contributed by atoms with Gasteiger partial charge in [0.15, 0.2) is 0 Å². The number of alkyl halides is 2. The van der Waals surface area contributed by atoms with Crippen molar-refractivity contribution in [2.45, 2.75) is 43.5 Å². The van der Waals surface area contributed by atoms with Crippen LogP contribution in [0.4, 0.5) is 8.78 Å². The number of esters is 1. The summed E-state index contributed by atoms with van der Waals surface area (Å²) in [6.45, 7) is -0.797. The molecule has 0 radical (unpaired) electrons. The van der Waals surface area contributed by atoms with Crippen molar-refractivity contribution in [3.05, 3.63) is 0 Å². The van der Waals surface area contributed by atoms with Crippen LogP contribution in [0.15, 0.2) is 0 Å². The number of carbonyl (C=O) groups excluding carboxylic acids is 1. The van der Waals surface area contributed by atoms with E-state index in [1.54, 1.807) is 0 Å². The highest BCUT2D eigenvalue weighted by molar-refractivity contribution is 7.87. The van der Waals surface area contributed by atoms with Crippen LogP contribution in [0.25, 0.3) is 0 Å². The van der Waals surface area contributed by atoms with Gasteiger partial charge < -0.3 is 14.2 Å². The van der Waals surface area contributed by atoms with E-state index >= 15 is 0 Å². The Balaban J connectivity index is 1.33. The average Bonchev–Trinajstić information content (AvgIpc) is 2.50. The van der Waals surface area contributed by atoms with Crippen LogP contribution in [0.2, 0.25) is 0 Å². The molecule has 4 fully saturated rings. The van der Waals surface area contributed by atoms with Gasteiger partial charge in [-0.25, -0.2) is 4.79 Å². The zero-order chi connectivity index (χ0) is 18.2. The van der Waals surface area contributed by atoms with E-state index in [1.165, 1.54) is 32.1 Å². The maximum Gasteiger partial charge on any atom is 0.465 e. The summed E-state index contributed by atoms with van der Waals surface area (Å²) in [6.07, 6.45) is 6.29. The predicted molar refractivity (Wildman–Crippen MR) is 80.2 cm³/mol. The summed E-state index contributed by atoms with van der Waals surface area (Å²) < 4.78 is 69.9. The molecule has 4 rings (SSSR count). The minimum atomic E-state index is -5.85. The molecule has 4 saturated carbocycles. The van der Waals surface area contributed by atoms with Gasteiger partial charge in [0.25, 0.3) is 0 Å². The van der Waals surface area contributed by atoms with E-state index in [4.69, 9.17) is 14.0 Å². The van der Waals surface area contributed by atoms with Crippen LogP contribution in [0.1, 0.15) is 32.1 Å². The highest BCUT2D eigenvalue weighted by atomic mass is 32.2. The Kier molecular flexibility index (Phi) is 5.34. The van der Waals surface area contributed by atoms with E-state index in [0.717, 1.165) is 11.8 Å². The summed E-state index contributed by atoms with van der Waals surface area (Å²) in [7, 11) is -5.85. The molecule has 10 heteroatoms. The Bertz CT molecular complexity index is 579. The van der Waals surface area contributed by atoms with Crippen LogP contribution in [0.5, 0.6) is 0 Å². The number of rotatable bonds is 8. The largest absolute Gasteiger partial charge is 0.465 e. The molecule has 1 N–H and O–H groups in total. The lowest BCUT2D eigenvalue weighted by Crippen LogP contribution is -2.49. The highest BCUT2D eigenvalue weighted by Gasteiger charge is 2.54. The topological polar surface area (TPSA) is 99.1 Å². The van der Waals surface area contributed by atoms with Crippen LogP contribution in [0.3, 0.4) is 0 Å². The Hall–Kier alpha value is -0.840. The van der Waals surface area contributed by atoms with Crippen LogP contribution >= 0.6 is 0 Å². The molecule has 0 spiro atoms. The third kappa shape index (κ3) is 3.96. The van der Waals surface area contributed by atoms with Gasteiger partial charge in [0.2, 0.25) is 0 Å². The predicted octanol–water partition coefficient (Wildman–Crippen LogP) is 1.83. The number of hydrogen-bond acceptors (Lipinski definition) is 6. The lowest BCUT2D eigenvalue weighted by molar-refractivity contribution is -0.182. The fourth-order valence-electron chi connectivity index (χ4n) is 4.72. The lowest BCUT2D eigenvalue weighted by Gasteiger charge is -2.53. The number of halogens is 2. The number of hydrogen-bond donors (Lipinski definition) is 1. The van der Waals surface area contributed by atoms with Crippen molar-refractivity contribution in [3.8, 4) is 0 Å². The van der Waals surface area contributed by atoms with E-state index in [1.807, 2.05) is 0 Å². The maximum absolute atomic E-state index is 12.9. The molecule has 0 aromatic carbocycles. The summed E-state index contributed by atoms with van der Waals surface area (Å²) in [4.78, 5) is 11.0. The highest BCUT2D eigenvalue weighted by Crippen LogP contribution is 2.54. The Morgan fingerprint density at radius 1 is 1.04 bits per heavy atom. The van der Waals surface area contributed by atoms with Gasteiger partial charge in [-0.1, -0.05) is 0 Å². The second-order valence-electron chi connectivity index (χ2n) is 7.22. The minimum absolute atomic E-state index is 0.0285. The SMILES string of the molecule is O=C(OCCOCOC1C2CC3CC(C2)CC1C3)C(F)(F)S(=O)(=O)O. The molecule has 0 heterocycles. The standard InChI is InChI=1S/C15H22F2O7S/c16-15(17,25(19,20)21)14(18)23-2-1-22-8-24-13-11-4-9-3-10(6-11)7-12(13)5-9/h9-13H,1-8H2,(H,19,20,21). The Morgan fingerprint density at radius 2 is 1.60 bits per heavy atom. The van der Waals surface area contributed by atoms with Crippen LogP contribution < -0.4 is 0 Å². The van der Waals surface area contributed by atoms with Crippen LogP contribution in [0, 0.1) is 23.7 Å². The van der Waals surface area contributed by atoms with Gasteiger partial charge in [-0.15, -0.1) is 0 Å². The average molecular weight is 384 g/mol. The van der Waals surface area contributed by atoms with E-state index in [2.05, 4.69) is 4.74 Å². The lowest BCUT2D eigenvalue weighted by atomic mass is 9.55. The van der Waals surface area contributed by atoms with Crippen molar-refractivity contribution >= 4 is 16.1 Å². The zero-order valence-corrected chi connectivity index (χ0v) is 14.4. The molecule has 144 valence electrons. The van der Waals surface area contributed by atoms with Gasteiger partial charge in [0.05, 0.1) is 12.7 Å². The van der Waals surface area contributed by atoms with Gasteiger partial charge in [0, 0.05) is 0 Å². The maximum atomic E-state index is 12.9. The first-order valence-electron chi connectivity index (χ1n) is 8.40. The third-order valence-corrected chi connectivity index (χ3v) is 6.32. The van der Waals surface area contributed by atoms with E-state index in [-0.39, 0.29) is 19.5 Å². The molecule has 7 nitrogen and oxygen atoms in total. The molecular formula is C15H22F2O7S. The van der Waals surface area contributed by atoms with E-state index in [0.29, 0.717) is 11.8 Å². The fourth-order valence-corrected chi connectivity index (χ4v) is 4.99. The molecule has 0 amide bonds. The van der Waals surface area contributed by atoms with Gasteiger partial charge >= 0.3 is 21.3 Å². The summed E-state index contributed by atoms with van der Waals surface area (Å²) in [5.74, 6) is 0.442. The van der Waals surface area contributed by atoms with Crippen molar-refractivity contribution in [3.63, 3.8) is 0 Å². The number of carbonyl (C=O) groups is 1. The molecule has 25 heavy (non-hydrogen) atoms. The molecule has 4 aliphatic carbocycles. The van der Waals surface area contributed by atoms with Gasteiger partial charge in [-0.05, 0) is 55.8 Å². The van der Waals surface area contributed by atoms with Gasteiger partial charge in [0.1, 0.15) is 13.4 Å². The molecule has 0 aromatic heterocycles. The fraction of sp³-hybridized carbons (Fsp3) is 0.933. The molecule has 0 aromatic rings. The monoisotopic (exact) mass is 384 g/mol. The van der Waals surface area contributed by atoms with Crippen molar-refractivity contribution in [1.29, 1.82) is 0 Å². The first-order valence-corrected chi connectivity index (χ1v) is 9.84. The molecule has 0 unspecified atom stereocenters. The van der Waals surface area contributed by atoms with Crippen molar-refractivity contribution in [2.75, 3.05) is 20.0 Å². The first kappa shape index (κ1) is 18.9. The van der Waals surface area contributed by atoms with Crippen LogP contribution in [-0.2, 0) is 29.1 Å². The summed E-state index contributed by atoms with van der Waals surface area (Å²) in [6, 6.07) is 0. The Labute approximate surface area is 144 Å². The smallest absolute Gasteiger partial charge is 0.458 e. The van der Waals surface area contributed by atoms with Gasteiger partial charge in [-0.3, -0.25) is 4.55 Å². The van der Waals surface area contributed by atoms with Crippen molar-refractivity contribution in [2.24, 2.45) is 23.7 Å². The van der Waals surface area contributed by atoms with Crippen molar-refractivity contribution in [1.82, 2.24) is 0 Å².